The standard InChI is InChI=1S/C11H12O3/c1-8(14-9(2)12)11(13)10-6-4-3-5-7-10/h3-8H,1-2H3/t8-/m1/s1. The number of hydrogen-bond donors (Lipinski definition) is 0. The summed E-state index contributed by atoms with van der Waals surface area (Å²) in [7, 11) is 0. The molecule has 0 aliphatic carbocycles. The maximum absolute atomic E-state index is 11.6. The van der Waals surface area contributed by atoms with Gasteiger partial charge < -0.3 is 4.74 Å². The summed E-state index contributed by atoms with van der Waals surface area (Å²) in [6, 6.07) is 8.76. The van der Waals surface area contributed by atoms with Crippen molar-refractivity contribution in [3.63, 3.8) is 0 Å². The molecule has 14 heavy (non-hydrogen) atoms. The minimum Gasteiger partial charge on any atom is -0.454 e. The number of esters is 1. The lowest BCUT2D eigenvalue weighted by atomic mass is 10.1. The molecule has 0 amide bonds. The van der Waals surface area contributed by atoms with Crippen LogP contribution < -0.4 is 0 Å². The van der Waals surface area contributed by atoms with Gasteiger partial charge in [0.25, 0.3) is 0 Å². The van der Waals surface area contributed by atoms with Gasteiger partial charge in [-0.1, -0.05) is 30.3 Å². The van der Waals surface area contributed by atoms with Crippen molar-refractivity contribution < 1.29 is 14.3 Å². The number of carbonyl (C=O) groups is 2. The van der Waals surface area contributed by atoms with E-state index in [1.807, 2.05) is 6.07 Å². The van der Waals surface area contributed by atoms with E-state index < -0.39 is 12.1 Å². The molecule has 0 aliphatic heterocycles. The number of hydrogen-bond acceptors (Lipinski definition) is 3. The number of ether oxygens (including phenoxy) is 1. The number of benzene rings is 1. The molecule has 74 valence electrons. The Labute approximate surface area is 82.7 Å². The van der Waals surface area contributed by atoms with Crippen LogP contribution in [0.5, 0.6) is 0 Å². The molecule has 0 fully saturated rings. The lowest BCUT2D eigenvalue weighted by Gasteiger charge is -2.09. The average molecular weight is 192 g/mol. The van der Waals surface area contributed by atoms with Crippen molar-refractivity contribution >= 4 is 11.8 Å². The predicted molar refractivity (Wildman–Crippen MR) is 52.0 cm³/mol. The highest BCUT2D eigenvalue weighted by Crippen LogP contribution is 2.05. The molecule has 0 spiro atoms. The van der Waals surface area contributed by atoms with Gasteiger partial charge >= 0.3 is 5.97 Å². The zero-order valence-electron chi connectivity index (χ0n) is 8.19. The maximum atomic E-state index is 11.6. The highest BCUT2D eigenvalue weighted by molar-refractivity contribution is 5.99. The van der Waals surface area contributed by atoms with Gasteiger partial charge in [-0.2, -0.15) is 0 Å². The van der Waals surface area contributed by atoms with Crippen LogP contribution in [-0.4, -0.2) is 17.9 Å². The van der Waals surface area contributed by atoms with E-state index >= 15 is 0 Å². The van der Waals surface area contributed by atoms with Crippen LogP contribution in [0.1, 0.15) is 24.2 Å². The molecular formula is C11H12O3. The Morgan fingerprint density at radius 3 is 2.29 bits per heavy atom. The van der Waals surface area contributed by atoms with Crippen LogP contribution in [0.25, 0.3) is 0 Å². The maximum Gasteiger partial charge on any atom is 0.303 e. The van der Waals surface area contributed by atoms with Gasteiger partial charge in [-0.25, -0.2) is 0 Å². The summed E-state index contributed by atoms with van der Waals surface area (Å²) in [6.07, 6.45) is -0.713. The van der Waals surface area contributed by atoms with E-state index in [0.29, 0.717) is 5.56 Å². The van der Waals surface area contributed by atoms with E-state index in [4.69, 9.17) is 4.74 Å². The van der Waals surface area contributed by atoms with Crippen molar-refractivity contribution in [2.24, 2.45) is 0 Å². The van der Waals surface area contributed by atoms with Crippen LogP contribution in [0.15, 0.2) is 30.3 Å². The first-order valence-corrected chi connectivity index (χ1v) is 4.37. The zero-order valence-corrected chi connectivity index (χ0v) is 8.19. The minimum absolute atomic E-state index is 0.180. The van der Waals surface area contributed by atoms with Gasteiger partial charge in [0.15, 0.2) is 6.10 Å². The van der Waals surface area contributed by atoms with Crippen LogP contribution in [0.4, 0.5) is 0 Å². The highest BCUT2D eigenvalue weighted by Gasteiger charge is 2.16. The normalized spacial score (nSPS) is 11.9. The topological polar surface area (TPSA) is 43.4 Å². The minimum atomic E-state index is -0.713. The Bertz CT molecular complexity index is 330. The summed E-state index contributed by atoms with van der Waals surface area (Å²) >= 11 is 0. The second-order valence-electron chi connectivity index (χ2n) is 2.98. The van der Waals surface area contributed by atoms with Crippen molar-refractivity contribution in [2.45, 2.75) is 20.0 Å². The van der Waals surface area contributed by atoms with Gasteiger partial charge in [-0.15, -0.1) is 0 Å². The summed E-state index contributed by atoms with van der Waals surface area (Å²) in [5, 5.41) is 0. The Morgan fingerprint density at radius 2 is 1.79 bits per heavy atom. The van der Waals surface area contributed by atoms with Crippen LogP contribution in [0.2, 0.25) is 0 Å². The Morgan fingerprint density at radius 1 is 1.21 bits per heavy atom. The molecule has 1 aromatic carbocycles. The molecule has 3 heteroatoms. The van der Waals surface area contributed by atoms with E-state index in [2.05, 4.69) is 0 Å². The number of Topliss-reactive ketones (excluding diaryl/α,β-unsaturated/α-hetero) is 1. The van der Waals surface area contributed by atoms with Crippen LogP contribution in [0, 0.1) is 0 Å². The monoisotopic (exact) mass is 192 g/mol. The van der Waals surface area contributed by atoms with Gasteiger partial charge in [0.2, 0.25) is 5.78 Å². The van der Waals surface area contributed by atoms with Gasteiger partial charge in [0, 0.05) is 12.5 Å². The molecule has 0 N–H and O–H groups in total. The third kappa shape index (κ3) is 2.69. The lowest BCUT2D eigenvalue weighted by Crippen LogP contribution is -2.22. The van der Waals surface area contributed by atoms with Gasteiger partial charge in [0.1, 0.15) is 0 Å². The Kier molecular flexibility index (Phi) is 3.40. The van der Waals surface area contributed by atoms with Gasteiger partial charge in [-0.05, 0) is 6.92 Å². The molecule has 3 nitrogen and oxygen atoms in total. The first-order valence-electron chi connectivity index (χ1n) is 4.37. The third-order valence-electron chi connectivity index (χ3n) is 1.77. The molecule has 0 aromatic heterocycles. The molecule has 0 radical (unpaired) electrons. The molecule has 0 heterocycles. The molecule has 1 aromatic rings. The number of ketones is 1. The van der Waals surface area contributed by atoms with E-state index in [0.717, 1.165) is 0 Å². The van der Waals surface area contributed by atoms with E-state index in [1.165, 1.54) is 6.92 Å². The molecule has 0 saturated carbocycles. The molecule has 1 atom stereocenters. The summed E-state index contributed by atoms with van der Waals surface area (Å²) in [4.78, 5) is 22.2. The largest absolute Gasteiger partial charge is 0.454 e. The molecule has 1 rings (SSSR count). The van der Waals surface area contributed by atoms with Crippen LogP contribution in [-0.2, 0) is 9.53 Å². The molecule has 0 bridgehead atoms. The lowest BCUT2D eigenvalue weighted by molar-refractivity contribution is -0.143. The van der Waals surface area contributed by atoms with Crippen molar-refractivity contribution in [3.05, 3.63) is 35.9 Å². The fourth-order valence-corrected chi connectivity index (χ4v) is 1.14. The molecular weight excluding hydrogens is 180 g/mol. The molecule has 0 saturated heterocycles. The zero-order chi connectivity index (χ0) is 10.6. The van der Waals surface area contributed by atoms with E-state index in [9.17, 15) is 9.59 Å². The second kappa shape index (κ2) is 4.56. The number of carbonyl (C=O) groups excluding carboxylic acids is 2. The average Bonchev–Trinajstić information content (AvgIpc) is 2.17. The molecule has 0 unspecified atom stereocenters. The van der Waals surface area contributed by atoms with Gasteiger partial charge in [0.05, 0.1) is 0 Å². The van der Waals surface area contributed by atoms with Crippen LogP contribution in [0.3, 0.4) is 0 Å². The summed E-state index contributed by atoms with van der Waals surface area (Å²) in [6.45, 7) is 2.85. The van der Waals surface area contributed by atoms with E-state index in [1.54, 1.807) is 31.2 Å². The smallest absolute Gasteiger partial charge is 0.303 e. The summed E-state index contributed by atoms with van der Waals surface area (Å²) < 4.78 is 4.78. The fourth-order valence-electron chi connectivity index (χ4n) is 1.14. The Hall–Kier alpha value is -1.64. The van der Waals surface area contributed by atoms with Crippen molar-refractivity contribution in [1.82, 2.24) is 0 Å². The SMILES string of the molecule is CC(=O)O[C@H](C)C(=O)c1ccccc1. The van der Waals surface area contributed by atoms with Crippen molar-refractivity contribution in [1.29, 1.82) is 0 Å². The van der Waals surface area contributed by atoms with E-state index in [-0.39, 0.29) is 5.78 Å². The van der Waals surface area contributed by atoms with Gasteiger partial charge in [-0.3, -0.25) is 9.59 Å². The third-order valence-corrected chi connectivity index (χ3v) is 1.77. The highest BCUT2D eigenvalue weighted by atomic mass is 16.5. The quantitative estimate of drug-likeness (QED) is 0.542. The summed E-state index contributed by atoms with van der Waals surface area (Å²) in [5.74, 6) is -0.623. The van der Waals surface area contributed by atoms with Crippen molar-refractivity contribution in [3.8, 4) is 0 Å². The fraction of sp³-hybridized carbons (Fsp3) is 0.273. The molecule has 0 aliphatic rings. The first-order chi connectivity index (χ1) is 6.61. The van der Waals surface area contributed by atoms with Crippen molar-refractivity contribution in [2.75, 3.05) is 0 Å². The Balaban J connectivity index is 2.71. The predicted octanol–water partition coefficient (Wildman–Crippen LogP) is 1.82. The second-order valence-corrected chi connectivity index (χ2v) is 2.98. The van der Waals surface area contributed by atoms with Crippen LogP contribution >= 0.6 is 0 Å². The number of rotatable bonds is 3. The summed E-state index contributed by atoms with van der Waals surface area (Å²) in [5.41, 5.74) is 0.557. The first kappa shape index (κ1) is 10.4.